The highest BCUT2D eigenvalue weighted by Crippen LogP contribution is 2.27. The maximum absolute atomic E-state index is 13.3. The summed E-state index contributed by atoms with van der Waals surface area (Å²) in [6, 6.07) is 11.7. The number of nitrogens with two attached hydrogens (primary N) is 1. The minimum atomic E-state index is -0.405. The van der Waals surface area contributed by atoms with E-state index in [1.807, 2.05) is 31.2 Å². The molecule has 0 heterocycles. The molecular formula is C14H13ClFN. The van der Waals surface area contributed by atoms with Crippen LogP contribution in [0.1, 0.15) is 22.7 Å². The van der Waals surface area contributed by atoms with Crippen molar-refractivity contribution in [3.63, 3.8) is 0 Å². The van der Waals surface area contributed by atoms with Gasteiger partial charge in [-0.05, 0) is 41.8 Å². The smallest absolute Gasteiger partial charge is 0.123 e. The Balaban J connectivity index is 2.43. The number of hydrogen-bond acceptors (Lipinski definition) is 1. The normalized spacial score (nSPS) is 12.5. The molecule has 0 saturated heterocycles. The van der Waals surface area contributed by atoms with Crippen LogP contribution in [-0.2, 0) is 0 Å². The summed E-state index contributed by atoms with van der Waals surface area (Å²) < 4.78 is 13.3. The first-order valence-corrected chi connectivity index (χ1v) is 5.73. The fourth-order valence-corrected chi connectivity index (χ4v) is 2.10. The molecule has 0 amide bonds. The Morgan fingerprint density at radius 1 is 1.18 bits per heavy atom. The second-order valence-corrected chi connectivity index (χ2v) is 4.47. The lowest BCUT2D eigenvalue weighted by atomic mass is 9.98. The average molecular weight is 250 g/mol. The van der Waals surface area contributed by atoms with Gasteiger partial charge in [0.15, 0.2) is 0 Å². The van der Waals surface area contributed by atoms with E-state index < -0.39 is 6.04 Å². The summed E-state index contributed by atoms with van der Waals surface area (Å²) in [4.78, 5) is 0. The van der Waals surface area contributed by atoms with Crippen molar-refractivity contribution in [2.75, 3.05) is 0 Å². The predicted octanol–water partition coefficient (Wildman–Crippen LogP) is 3.84. The van der Waals surface area contributed by atoms with Crippen molar-refractivity contribution in [2.24, 2.45) is 5.73 Å². The van der Waals surface area contributed by atoms with Crippen LogP contribution < -0.4 is 5.73 Å². The Kier molecular flexibility index (Phi) is 3.46. The summed E-state index contributed by atoms with van der Waals surface area (Å²) >= 11 is 6.07. The van der Waals surface area contributed by atoms with Crippen molar-refractivity contribution in [1.29, 1.82) is 0 Å². The number of aryl methyl sites for hydroxylation is 1. The molecule has 2 rings (SSSR count). The molecule has 2 aromatic carbocycles. The molecule has 0 fully saturated rings. The molecule has 1 nitrogen and oxygen atoms in total. The van der Waals surface area contributed by atoms with Crippen LogP contribution in [0.25, 0.3) is 0 Å². The van der Waals surface area contributed by atoms with Gasteiger partial charge in [0.2, 0.25) is 0 Å². The van der Waals surface area contributed by atoms with Gasteiger partial charge < -0.3 is 5.73 Å². The summed E-state index contributed by atoms with van der Waals surface area (Å²) in [5.74, 6) is -0.275. The minimum absolute atomic E-state index is 0.275. The standard InChI is InChI=1S/C14H13ClFN/c1-9-6-10(8-11(16)7-9)14(17)12-4-2-3-5-13(12)15/h2-8,14H,17H2,1H3. The average Bonchev–Trinajstić information content (AvgIpc) is 2.27. The van der Waals surface area contributed by atoms with Gasteiger partial charge in [0.05, 0.1) is 6.04 Å². The molecule has 0 radical (unpaired) electrons. The first kappa shape index (κ1) is 12.1. The van der Waals surface area contributed by atoms with E-state index in [2.05, 4.69) is 0 Å². The molecular weight excluding hydrogens is 237 g/mol. The highest BCUT2D eigenvalue weighted by Gasteiger charge is 2.13. The molecule has 3 heteroatoms. The van der Waals surface area contributed by atoms with Crippen LogP contribution in [0.15, 0.2) is 42.5 Å². The van der Waals surface area contributed by atoms with E-state index in [0.717, 1.165) is 16.7 Å². The zero-order valence-electron chi connectivity index (χ0n) is 9.45. The molecule has 0 spiro atoms. The highest BCUT2D eigenvalue weighted by molar-refractivity contribution is 6.31. The zero-order valence-corrected chi connectivity index (χ0v) is 10.2. The van der Waals surface area contributed by atoms with Crippen LogP contribution in [0, 0.1) is 12.7 Å². The van der Waals surface area contributed by atoms with E-state index in [1.165, 1.54) is 12.1 Å². The van der Waals surface area contributed by atoms with Crippen molar-refractivity contribution in [1.82, 2.24) is 0 Å². The van der Waals surface area contributed by atoms with Crippen LogP contribution in [0.5, 0.6) is 0 Å². The number of benzene rings is 2. The van der Waals surface area contributed by atoms with E-state index in [-0.39, 0.29) is 5.82 Å². The maximum atomic E-state index is 13.3. The summed E-state index contributed by atoms with van der Waals surface area (Å²) in [7, 11) is 0. The lowest BCUT2D eigenvalue weighted by Crippen LogP contribution is -2.12. The molecule has 88 valence electrons. The molecule has 1 atom stereocenters. The van der Waals surface area contributed by atoms with Gasteiger partial charge in [0.1, 0.15) is 5.82 Å². The maximum Gasteiger partial charge on any atom is 0.123 e. The highest BCUT2D eigenvalue weighted by atomic mass is 35.5. The van der Waals surface area contributed by atoms with Crippen LogP contribution in [0.4, 0.5) is 4.39 Å². The summed E-state index contributed by atoms with van der Waals surface area (Å²) in [5, 5.41) is 0.599. The summed E-state index contributed by atoms with van der Waals surface area (Å²) in [6.07, 6.45) is 0. The third-order valence-corrected chi connectivity index (χ3v) is 3.01. The van der Waals surface area contributed by atoms with Crippen molar-refractivity contribution >= 4 is 11.6 Å². The van der Waals surface area contributed by atoms with Gasteiger partial charge in [0, 0.05) is 5.02 Å². The lowest BCUT2D eigenvalue weighted by Gasteiger charge is -2.14. The molecule has 0 bridgehead atoms. The van der Waals surface area contributed by atoms with Gasteiger partial charge in [-0.1, -0.05) is 35.9 Å². The van der Waals surface area contributed by atoms with Crippen molar-refractivity contribution < 1.29 is 4.39 Å². The summed E-state index contributed by atoms with van der Waals surface area (Å²) in [5.41, 5.74) is 8.49. The second-order valence-electron chi connectivity index (χ2n) is 4.06. The van der Waals surface area contributed by atoms with E-state index in [9.17, 15) is 4.39 Å². The predicted molar refractivity (Wildman–Crippen MR) is 68.6 cm³/mol. The van der Waals surface area contributed by atoms with E-state index in [1.54, 1.807) is 6.07 Å². The van der Waals surface area contributed by atoms with Gasteiger partial charge in [-0.3, -0.25) is 0 Å². The van der Waals surface area contributed by atoms with Crippen molar-refractivity contribution in [2.45, 2.75) is 13.0 Å². The van der Waals surface area contributed by atoms with Crippen LogP contribution in [0.3, 0.4) is 0 Å². The SMILES string of the molecule is Cc1cc(F)cc(C(N)c2ccccc2Cl)c1. The molecule has 0 aliphatic heterocycles. The number of rotatable bonds is 2. The Morgan fingerprint density at radius 2 is 1.88 bits per heavy atom. The van der Waals surface area contributed by atoms with Gasteiger partial charge in [-0.15, -0.1) is 0 Å². The quantitative estimate of drug-likeness (QED) is 0.860. The molecule has 2 aromatic rings. The first-order chi connectivity index (χ1) is 8.08. The molecule has 0 aromatic heterocycles. The minimum Gasteiger partial charge on any atom is -0.320 e. The summed E-state index contributed by atoms with van der Waals surface area (Å²) in [6.45, 7) is 1.84. The fourth-order valence-electron chi connectivity index (χ4n) is 1.85. The molecule has 1 unspecified atom stereocenters. The number of halogens is 2. The van der Waals surface area contributed by atoms with Crippen LogP contribution in [0.2, 0.25) is 5.02 Å². The van der Waals surface area contributed by atoms with E-state index in [0.29, 0.717) is 5.02 Å². The lowest BCUT2D eigenvalue weighted by molar-refractivity contribution is 0.622. The van der Waals surface area contributed by atoms with Gasteiger partial charge in [0.25, 0.3) is 0 Å². The Bertz CT molecular complexity index is 519. The zero-order chi connectivity index (χ0) is 12.4. The molecule has 0 aliphatic carbocycles. The van der Waals surface area contributed by atoms with Gasteiger partial charge in [-0.2, -0.15) is 0 Å². The Morgan fingerprint density at radius 3 is 2.53 bits per heavy atom. The molecule has 17 heavy (non-hydrogen) atoms. The third kappa shape index (κ3) is 2.65. The van der Waals surface area contributed by atoms with E-state index >= 15 is 0 Å². The molecule has 0 aliphatic rings. The second kappa shape index (κ2) is 4.86. The Hall–Kier alpha value is -1.38. The van der Waals surface area contributed by atoms with Crippen LogP contribution in [-0.4, -0.2) is 0 Å². The van der Waals surface area contributed by atoms with E-state index in [4.69, 9.17) is 17.3 Å². The van der Waals surface area contributed by atoms with Gasteiger partial charge >= 0.3 is 0 Å². The molecule has 0 saturated carbocycles. The third-order valence-electron chi connectivity index (χ3n) is 2.66. The van der Waals surface area contributed by atoms with Crippen molar-refractivity contribution in [3.05, 3.63) is 70.0 Å². The largest absolute Gasteiger partial charge is 0.320 e. The Labute approximate surface area is 105 Å². The molecule has 2 N–H and O–H groups in total. The first-order valence-electron chi connectivity index (χ1n) is 5.35. The van der Waals surface area contributed by atoms with Crippen molar-refractivity contribution in [3.8, 4) is 0 Å². The monoisotopic (exact) mass is 249 g/mol. The number of hydrogen-bond donors (Lipinski definition) is 1. The van der Waals surface area contributed by atoms with Crippen LogP contribution >= 0.6 is 11.6 Å². The topological polar surface area (TPSA) is 26.0 Å². The van der Waals surface area contributed by atoms with Gasteiger partial charge in [-0.25, -0.2) is 4.39 Å². The fraction of sp³-hybridized carbons (Fsp3) is 0.143.